The highest BCUT2D eigenvalue weighted by atomic mass is 32.1. The van der Waals surface area contributed by atoms with Crippen LogP contribution in [0.5, 0.6) is 0 Å². The third kappa shape index (κ3) is 5.80. The van der Waals surface area contributed by atoms with Gasteiger partial charge in [0.15, 0.2) is 5.58 Å². The molecule has 3 heteroatoms. The molecule has 0 fully saturated rings. The van der Waals surface area contributed by atoms with Crippen LogP contribution in [0.2, 0.25) is 0 Å². The first-order valence-corrected chi connectivity index (χ1v) is 20.1. The molecule has 0 amide bonds. The molecule has 0 aliphatic rings. The van der Waals surface area contributed by atoms with Gasteiger partial charge in [-0.15, -0.1) is 11.3 Å². The lowest BCUT2D eigenvalue weighted by molar-refractivity contribution is 0.669. The summed E-state index contributed by atoms with van der Waals surface area (Å²) >= 11 is 1.88. The fourth-order valence-electron chi connectivity index (χ4n) is 8.31. The Bertz CT molecular complexity index is 3200. The van der Waals surface area contributed by atoms with Crippen LogP contribution in [-0.4, -0.2) is 0 Å². The number of thiophene rings is 1. The molecule has 0 aliphatic carbocycles. The zero-order valence-corrected chi connectivity index (χ0v) is 31.8. The van der Waals surface area contributed by atoms with Crippen molar-refractivity contribution in [1.82, 2.24) is 0 Å². The molecule has 11 aromatic rings. The molecule has 2 aromatic heterocycles. The summed E-state index contributed by atoms with van der Waals surface area (Å²) in [6, 6.07) is 76.2. The second-order valence-corrected chi connectivity index (χ2v) is 15.5. The van der Waals surface area contributed by atoms with Gasteiger partial charge in [0.05, 0.1) is 5.69 Å². The molecule has 2 heterocycles. The first kappa shape index (κ1) is 33.2. The number of fused-ring (bicyclic) bond motifs is 6. The predicted octanol–water partition coefficient (Wildman–Crippen LogP) is 16.1. The molecule has 0 aliphatic heterocycles. The Morgan fingerprint density at radius 3 is 1.56 bits per heavy atom. The second-order valence-electron chi connectivity index (χ2n) is 14.5. The summed E-state index contributed by atoms with van der Waals surface area (Å²) in [6.07, 6.45) is 0. The molecular formula is C54H35NOS. The molecule has 268 valence electrons. The number of para-hydroxylation sites is 1. The van der Waals surface area contributed by atoms with Crippen molar-refractivity contribution in [3.63, 3.8) is 0 Å². The van der Waals surface area contributed by atoms with E-state index in [1.807, 2.05) is 17.4 Å². The van der Waals surface area contributed by atoms with E-state index in [1.54, 1.807) is 0 Å². The average molecular weight is 746 g/mol. The number of hydrogen-bond acceptors (Lipinski definition) is 3. The molecule has 0 saturated carbocycles. The molecule has 0 atom stereocenters. The topological polar surface area (TPSA) is 16.4 Å². The standard InChI is InChI=1S/C54H35NOS/c1-4-13-36(14-5-1)37-23-28-42(29-24-37)55(52-44(39-15-6-2-7-16-39)33-34-48-46-19-10-11-22-50(46)56-53(48)52)43-30-25-38(26-31-43)41-27-32-47-49-21-12-20-45(40-17-8-3-9-18-40)54(49)57-51(47)35-41/h1-35H. The second kappa shape index (κ2) is 13.8. The van der Waals surface area contributed by atoms with Crippen molar-refractivity contribution in [1.29, 1.82) is 0 Å². The van der Waals surface area contributed by atoms with E-state index in [2.05, 4.69) is 211 Å². The van der Waals surface area contributed by atoms with Crippen molar-refractivity contribution in [3.8, 4) is 44.5 Å². The highest BCUT2D eigenvalue weighted by molar-refractivity contribution is 7.26. The van der Waals surface area contributed by atoms with Crippen molar-refractivity contribution in [3.05, 3.63) is 212 Å². The lowest BCUT2D eigenvalue weighted by Crippen LogP contribution is -2.11. The third-order valence-electron chi connectivity index (χ3n) is 11.1. The van der Waals surface area contributed by atoms with Crippen molar-refractivity contribution in [2.24, 2.45) is 0 Å². The minimum atomic E-state index is 0.860. The maximum Gasteiger partial charge on any atom is 0.160 e. The van der Waals surface area contributed by atoms with Crippen molar-refractivity contribution in [2.75, 3.05) is 4.90 Å². The Labute approximate surface area is 335 Å². The summed E-state index contributed by atoms with van der Waals surface area (Å²) in [5.74, 6) is 0. The Morgan fingerprint density at radius 2 is 0.877 bits per heavy atom. The number of nitrogens with zero attached hydrogens (tertiary/aromatic N) is 1. The highest BCUT2D eigenvalue weighted by Gasteiger charge is 2.24. The molecule has 2 nitrogen and oxygen atoms in total. The van der Waals surface area contributed by atoms with Gasteiger partial charge in [0.1, 0.15) is 5.58 Å². The zero-order chi connectivity index (χ0) is 37.7. The molecule has 0 saturated heterocycles. The molecule has 57 heavy (non-hydrogen) atoms. The van der Waals surface area contributed by atoms with E-state index in [0.29, 0.717) is 0 Å². The van der Waals surface area contributed by atoms with E-state index in [-0.39, 0.29) is 0 Å². The van der Waals surface area contributed by atoms with Crippen molar-refractivity contribution >= 4 is 70.5 Å². The van der Waals surface area contributed by atoms with Crippen LogP contribution in [0.4, 0.5) is 17.1 Å². The summed E-state index contributed by atoms with van der Waals surface area (Å²) in [5.41, 5.74) is 14.3. The number of rotatable bonds is 7. The first-order valence-electron chi connectivity index (χ1n) is 19.3. The van der Waals surface area contributed by atoms with Crippen molar-refractivity contribution < 1.29 is 4.42 Å². The molecule has 11 rings (SSSR count). The van der Waals surface area contributed by atoms with Crippen LogP contribution in [-0.2, 0) is 0 Å². The predicted molar refractivity (Wildman–Crippen MR) is 243 cm³/mol. The fraction of sp³-hybridized carbons (Fsp3) is 0. The molecule has 0 spiro atoms. The summed E-state index contributed by atoms with van der Waals surface area (Å²) in [4.78, 5) is 2.37. The van der Waals surface area contributed by atoms with E-state index in [4.69, 9.17) is 4.42 Å². The summed E-state index contributed by atoms with van der Waals surface area (Å²) in [7, 11) is 0. The molecule has 0 unspecified atom stereocenters. The van der Waals surface area contributed by atoms with Gasteiger partial charge < -0.3 is 9.32 Å². The molecule has 0 bridgehead atoms. The minimum Gasteiger partial charge on any atom is -0.454 e. The van der Waals surface area contributed by atoms with E-state index in [0.717, 1.165) is 50.1 Å². The Morgan fingerprint density at radius 1 is 0.351 bits per heavy atom. The van der Waals surface area contributed by atoms with E-state index in [1.165, 1.54) is 53.6 Å². The zero-order valence-electron chi connectivity index (χ0n) is 31.0. The summed E-state index contributed by atoms with van der Waals surface area (Å²) in [6.45, 7) is 0. The number of benzene rings is 9. The maximum atomic E-state index is 6.82. The maximum absolute atomic E-state index is 6.82. The quantitative estimate of drug-likeness (QED) is 0.162. The van der Waals surface area contributed by atoms with E-state index >= 15 is 0 Å². The molecule has 9 aromatic carbocycles. The van der Waals surface area contributed by atoms with Crippen LogP contribution < -0.4 is 4.90 Å². The fourth-order valence-corrected chi connectivity index (χ4v) is 9.59. The van der Waals surface area contributed by atoms with Gasteiger partial charge in [0.25, 0.3) is 0 Å². The van der Waals surface area contributed by atoms with Crippen LogP contribution >= 0.6 is 11.3 Å². The number of hydrogen-bond donors (Lipinski definition) is 0. The third-order valence-corrected chi connectivity index (χ3v) is 12.3. The largest absolute Gasteiger partial charge is 0.454 e. The molecule has 0 N–H and O–H groups in total. The Hall–Kier alpha value is -7.20. The van der Waals surface area contributed by atoms with Crippen LogP contribution in [0.3, 0.4) is 0 Å². The van der Waals surface area contributed by atoms with Gasteiger partial charge in [-0.3, -0.25) is 0 Å². The summed E-state index contributed by atoms with van der Waals surface area (Å²) in [5, 5.41) is 4.80. The van der Waals surface area contributed by atoms with Gasteiger partial charge in [-0.2, -0.15) is 0 Å². The highest BCUT2D eigenvalue weighted by Crippen LogP contribution is 2.48. The van der Waals surface area contributed by atoms with Crippen LogP contribution in [0.15, 0.2) is 217 Å². The van der Waals surface area contributed by atoms with Gasteiger partial charge in [-0.25, -0.2) is 0 Å². The van der Waals surface area contributed by atoms with Crippen LogP contribution in [0, 0.1) is 0 Å². The van der Waals surface area contributed by atoms with Gasteiger partial charge in [-0.1, -0.05) is 170 Å². The lowest BCUT2D eigenvalue weighted by Gasteiger charge is -2.28. The smallest absolute Gasteiger partial charge is 0.160 e. The van der Waals surface area contributed by atoms with Gasteiger partial charge in [0, 0.05) is 47.9 Å². The van der Waals surface area contributed by atoms with E-state index < -0.39 is 0 Å². The van der Waals surface area contributed by atoms with Crippen molar-refractivity contribution in [2.45, 2.75) is 0 Å². The van der Waals surface area contributed by atoms with Gasteiger partial charge in [0.2, 0.25) is 0 Å². The van der Waals surface area contributed by atoms with E-state index in [9.17, 15) is 0 Å². The molecular weight excluding hydrogens is 711 g/mol. The van der Waals surface area contributed by atoms with Gasteiger partial charge in [-0.05, 0) is 81.4 Å². The first-order chi connectivity index (χ1) is 28.3. The van der Waals surface area contributed by atoms with Crippen LogP contribution in [0.25, 0.3) is 86.6 Å². The number of furan rings is 1. The Kier molecular flexibility index (Phi) is 8.04. The summed E-state index contributed by atoms with van der Waals surface area (Å²) < 4.78 is 9.44. The SMILES string of the molecule is c1ccc(-c2ccc(N(c3ccc(-c4ccc5c(c4)sc4c(-c6ccccc6)cccc45)cc3)c3c(-c4ccccc4)ccc4c3oc3ccccc34)cc2)cc1. The number of anilines is 3. The Balaban J connectivity index is 1.07. The van der Waals surface area contributed by atoms with Crippen LogP contribution in [0.1, 0.15) is 0 Å². The lowest BCUT2D eigenvalue weighted by atomic mass is 9.98. The monoisotopic (exact) mass is 745 g/mol. The molecule has 0 radical (unpaired) electrons. The average Bonchev–Trinajstić information content (AvgIpc) is 3.86. The minimum absolute atomic E-state index is 0.860. The normalized spacial score (nSPS) is 11.5. The van der Waals surface area contributed by atoms with Gasteiger partial charge >= 0.3 is 0 Å².